The minimum Gasteiger partial charge on any atom is -0.293 e. The molecule has 0 aliphatic rings. The Bertz CT molecular complexity index is 571. The number of aliphatic imine (C=N–C) groups is 1. The standard InChI is InChI=1S/C22H32BN/c1-7-18(4)16-21(22(17-23)19(5)8-2)20(6)14-12-10-11-13-15-24-9-3/h7-8,10-13,15-16,20H,1-2,5,9,14,17,23H2,3-4,6H3/b12-10+,13-11-,18-16-,22-21-,24-15+. The number of nitrogens with zero attached hydrogens (tertiary/aromatic N) is 1. The molecule has 0 spiro atoms. The molecule has 2 heteroatoms. The third kappa shape index (κ3) is 8.52. The van der Waals surface area contributed by atoms with Crippen LogP contribution in [-0.2, 0) is 0 Å². The van der Waals surface area contributed by atoms with Crippen molar-refractivity contribution in [1.29, 1.82) is 0 Å². The Morgan fingerprint density at radius 2 is 1.88 bits per heavy atom. The van der Waals surface area contributed by atoms with Crippen molar-refractivity contribution >= 4 is 14.1 Å². The fraction of sp³-hybridized carbons (Fsp3) is 0.318. The molecule has 128 valence electrons. The normalized spacial score (nSPS) is 15.0. The van der Waals surface area contributed by atoms with E-state index < -0.39 is 0 Å². The van der Waals surface area contributed by atoms with Gasteiger partial charge in [0.2, 0.25) is 0 Å². The van der Waals surface area contributed by atoms with Gasteiger partial charge in [-0.25, -0.2) is 0 Å². The Morgan fingerprint density at radius 3 is 2.42 bits per heavy atom. The van der Waals surface area contributed by atoms with E-state index in [0.29, 0.717) is 5.92 Å². The highest BCUT2D eigenvalue weighted by atomic mass is 14.7. The van der Waals surface area contributed by atoms with Gasteiger partial charge in [-0.15, -0.1) is 0 Å². The second-order valence-corrected chi connectivity index (χ2v) is 5.71. The molecule has 0 aromatic carbocycles. The molecule has 1 atom stereocenters. The number of hydrogen-bond acceptors (Lipinski definition) is 1. The van der Waals surface area contributed by atoms with Crippen molar-refractivity contribution < 1.29 is 0 Å². The van der Waals surface area contributed by atoms with Crippen LogP contribution in [0.1, 0.15) is 27.2 Å². The van der Waals surface area contributed by atoms with Gasteiger partial charge < -0.3 is 0 Å². The van der Waals surface area contributed by atoms with Crippen LogP contribution in [0.5, 0.6) is 0 Å². The molecule has 24 heavy (non-hydrogen) atoms. The summed E-state index contributed by atoms with van der Waals surface area (Å²) in [5.74, 6) is 0.403. The van der Waals surface area contributed by atoms with Crippen LogP contribution in [-0.4, -0.2) is 20.6 Å². The average molecular weight is 321 g/mol. The Hall–Kier alpha value is -2.09. The van der Waals surface area contributed by atoms with E-state index in [9.17, 15) is 0 Å². The van der Waals surface area contributed by atoms with E-state index in [1.54, 1.807) is 0 Å². The maximum atomic E-state index is 4.15. The van der Waals surface area contributed by atoms with Gasteiger partial charge in [0.1, 0.15) is 7.85 Å². The van der Waals surface area contributed by atoms with Crippen LogP contribution in [0.3, 0.4) is 0 Å². The topological polar surface area (TPSA) is 12.4 Å². The molecule has 1 unspecified atom stereocenters. The van der Waals surface area contributed by atoms with E-state index in [1.807, 2.05) is 37.4 Å². The second kappa shape index (κ2) is 13.4. The monoisotopic (exact) mass is 321 g/mol. The summed E-state index contributed by atoms with van der Waals surface area (Å²) in [5.41, 5.74) is 4.77. The Labute approximate surface area is 150 Å². The van der Waals surface area contributed by atoms with Crippen LogP contribution in [0.4, 0.5) is 0 Å². The van der Waals surface area contributed by atoms with Gasteiger partial charge in [0.05, 0.1) is 0 Å². The lowest BCUT2D eigenvalue weighted by atomic mass is 9.82. The molecule has 0 amide bonds. The van der Waals surface area contributed by atoms with Crippen LogP contribution in [0.25, 0.3) is 0 Å². The molecular weight excluding hydrogens is 289 g/mol. The van der Waals surface area contributed by atoms with E-state index >= 15 is 0 Å². The summed E-state index contributed by atoms with van der Waals surface area (Å²) < 4.78 is 0. The maximum Gasteiger partial charge on any atom is 0.107 e. The number of allylic oxidation sites excluding steroid dienone is 11. The molecular formula is C22H32BN. The van der Waals surface area contributed by atoms with Crippen molar-refractivity contribution in [3.63, 3.8) is 0 Å². The largest absolute Gasteiger partial charge is 0.293 e. The summed E-state index contributed by atoms with van der Waals surface area (Å²) in [4.78, 5) is 4.15. The van der Waals surface area contributed by atoms with Crippen LogP contribution < -0.4 is 0 Å². The smallest absolute Gasteiger partial charge is 0.107 e. The van der Waals surface area contributed by atoms with E-state index in [4.69, 9.17) is 0 Å². The summed E-state index contributed by atoms with van der Waals surface area (Å²) >= 11 is 0. The average Bonchev–Trinajstić information content (AvgIpc) is 2.59. The molecule has 0 N–H and O–H groups in total. The predicted molar refractivity (Wildman–Crippen MR) is 115 cm³/mol. The van der Waals surface area contributed by atoms with Gasteiger partial charge in [-0.3, -0.25) is 4.99 Å². The minimum absolute atomic E-state index is 0.403. The first-order chi connectivity index (χ1) is 11.5. The third-order valence-corrected chi connectivity index (χ3v) is 3.79. The summed E-state index contributed by atoms with van der Waals surface area (Å²) in [7, 11) is 2.17. The van der Waals surface area contributed by atoms with Gasteiger partial charge in [-0.2, -0.15) is 0 Å². The van der Waals surface area contributed by atoms with Crippen molar-refractivity contribution in [2.45, 2.75) is 33.5 Å². The lowest BCUT2D eigenvalue weighted by Gasteiger charge is -2.18. The molecule has 0 saturated heterocycles. The van der Waals surface area contributed by atoms with Gasteiger partial charge in [0.25, 0.3) is 0 Å². The van der Waals surface area contributed by atoms with Gasteiger partial charge in [-0.1, -0.05) is 75.0 Å². The van der Waals surface area contributed by atoms with Gasteiger partial charge >= 0.3 is 0 Å². The van der Waals surface area contributed by atoms with Crippen LogP contribution in [0.2, 0.25) is 6.32 Å². The highest BCUT2D eigenvalue weighted by Crippen LogP contribution is 2.28. The minimum atomic E-state index is 0.403. The SMILES string of the molecule is BC/C(C(=C)C=C)=C(\C=C(\C)C=C)C(C)C/C=C/C=C\C=N\CC. The molecule has 1 nitrogen and oxygen atoms in total. The molecule has 0 heterocycles. The molecule has 0 aromatic heterocycles. The summed E-state index contributed by atoms with van der Waals surface area (Å²) in [6.45, 7) is 19.1. The highest BCUT2D eigenvalue weighted by Gasteiger charge is 2.11. The number of rotatable bonds is 11. The molecule has 0 radical (unpaired) electrons. The van der Waals surface area contributed by atoms with Crippen LogP contribution in [0.15, 0.2) is 89.6 Å². The highest BCUT2D eigenvalue weighted by molar-refractivity contribution is 6.11. The van der Waals surface area contributed by atoms with Crippen molar-refractivity contribution in [2.75, 3.05) is 6.54 Å². The maximum absolute atomic E-state index is 4.15. The fourth-order valence-corrected chi connectivity index (χ4v) is 2.34. The van der Waals surface area contributed by atoms with Crippen molar-refractivity contribution in [3.8, 4) is 0 Å². The predicted octanol–water partition coefficient (Wildman–Crippen LogP) is 5.44. The third-order valence-electron chi connectivity index (χ3n) is 3.79. The molecule has 0 aromatic rings. The lowest BCUT2D eigenvalue weighted by Crippen LogP contribution is -2.03. The van der Waals surface area contributed by atoms with E-state index in [2.05, 4.69) is 64.7 Å². The Balaban J connectivity index is 5.33. The first-order valence-corrected chi connectivity index (χ1v) is 8.68. The van der Waals surface area contributed by atoms with Crippen molar-refractivity contribution in [2.24, 2.45) is 10.9 Å². The summed E-state index contributed by atoms with van der Waals surface area (Å²) in [5, 5.41) is 0. The zero-order chi connectivity index (χ0) is 18.4. The first kappa shape index (κ1) is 21.9. The van der Waals surface area contributed by atoms with E-state index in [1.165, 1.54) is 16.7 Å². The molecule has 0 saturated carbocycles. The Kier molecular flexibility index (Phi) is 12.2. The molecule has 0 rings (SSSR count). The van der Waals surface area contributed by atoms with Crippen molar-refractivity contribution in [1.82, 2.24) is 0 Å². The van der Waals surface area contributed by atoms with E-state index in [-0.39, 0.29) is 0 Å². The lowest BCUT2D eigenvalue weighted by molar-refractivity contribution is 0.704. The quantitative estimate of drug-likeness (QED) is 0.273. The number of hydrogen-bond donors (Lipinski definition) is 0. The first-order valence-electron chi connectivity index (χ1n) is 8.68. The molecule has 0 aliphatic carbocycles. The zero-order valence-electron chi connectivity index (χ0n) is 15.9. The molecule has 0 fully saturated rings. The zero-order valence-corrected chi connectivity index (χ0v) is 15.9. The summed E-state index contributed by atoms with van der Waals surface area (Å²) in [6.07, 6.45) is 18.0. The second-order valence-electron chi connectivity index (χ2n) is 5.71. The van der Waals surface area contributed by atoms with Crippen molar-refractivity contribution in [3.05, 3.63) is 84.6 Å². The van der Waals surface area contributed by atoms with Gasteiger partial charge in [0.15, 0.2) is 0 Å². The molecule has 0 bridgehead atoms. The van der Waals surface area contributed by atoms with Crippen LogP contribution in [0, 0.1) is 5.92 Å². The van der Waals surface area contributed by atoms with E-state index in [0.717, 1.165) is 24.9 Å². The molecule has 0 aliphatic heterocycles. The summed E-state index contributed by atoms with van der Waals surface area (Å²) in [6, 6.07) is 0. The fourth-order valence-electron chi connectivity index (χ4n) is 2.34. The van der Waals surface area contributed by atoms with Crippen LogP contribution >= 0.6 is 0 Å². The van der Waals surface area contributed by atoms with Gasteiger partial charge in [-0.05, 0) is 49.0 Å². The van der Waals surface area contributed by atoms with Gasteiger partial charge in [0, 0.05) is 12.8 Å². The Morgan fingerprint density at radius 1 is 1.17 bits per heavy atom.